The summed E-state index contributed by atoms with van der Waals surface area (Å²) < 4.78 is 29.5. The Bertz CT molecular complexity index is 1190. The van der Waals surface area contributed by atoms with E-state index in [0.29, 0.717) is 25.9 Å². The number of aryl methyl sites for hydroxylation is 1. The molecule has 8 heteroatoms. The van der Waals surface area contributed by atoms with Gasteiger partial charge in [0.25, 0.3) is 10.2 Å². The first kappa shape index (κ1) is 20.8. The second-order valence-corrected chi connectivity index (χ2v) is 10.1. The van der Waals surface area contributed by atoms with E-state index in [1.54, 1.807) is 0 Å². The van der Waals surface area contributed by atoms with E-state index in [4.69, 9.17) is 0 Å². The monoisotopic (exact) mass is 428 g/mol. The zero-order valence-corrected chi connectivity index (χ0v) is 18.4. The van der Waals surface area contributed by atoms with Crippen molar-refractivity contribution in [3.63, 3.8) is 0 Å². The summed E-state index contributed by atoms with van der Waals surface area (Å²) in [5.41, 5.74) is 3.11. The molecule has 0 atom stereocenters. The summed E-state index contributed by atoms with van der Waals surface area (Å²) in [6, 6.07) is 14.3. The number of rotatable bonds is 5. The Morgan fingerprint density at radius 1 is 1.07 bits per heavy atom. The fraction of sp³-hybridized carbons (Fsp3) is 0.409. The molecule has 1 fully saturated rings. The Labute approximate surface area is 177 Å². The molecular weight excluding hydrogens is 400 g/mol. The number of carbonyl (C=O) groups is 1. The van der Waals surface area contributed by atoms with Gasteiger partial charge in [0, 0.05) is 67.1 Å². The third-order valence-electron chi connectivity index (χ3n) is 5.97. The molecular formula is C22H28N4O3S. The maximum Gasteiger partial charge on any atom is 0.281 e. The molecule has 3 aromatic rings. The van der Waals surface area contributed by atoms with Crippen LogP contribution in [0.25, 0.3) is 21.8 Å². The highest BCUT2D eigenvalue weighted by Gasteiger charge is 2.32. The summed E-state index contributed by atoms with van der Waals surface area (Å²) in [6.45, 7) is 3.73. The van der Waals surface area contributed by atoms with Gasteiger partial charge in [0.05, 0.1) is 0 Å². The summed E-state index contributed by atoms with van der Waals surface area (Å²) in [5, 5.41) is 5.34. The zero-order chi connectivity index (χ0) is 21.5. The first-order chi connectivity index (χ1) is 14.3. The minimum Gasteiger partial charge on any atom is -0.341 e. The second-order valence-electron chi connectivity index (χ2n) is 7.95. The number of hydrogen-bond acceptors (Lipinski definition) is 3. The molecule has 0 saturated carbocycles. The predicted octanol–water partition coefficient (Wildman–Crippen LogP) is 3.27. The molecule has 0 spiro atoms. The molecule has 1 N–H and O–H groups in total. The normalized spacial score (nSPS) is 16.5. The van der Waals surface area contributed by atoms with Gasteiger partial charge in [-0.3, -0.25) is 4.79 Å². The minimum absolute atomic E-state index is 0.0459. The van der Waals surface area contributed by atoms with Gasteiger partial charge in [-0.25, -0.2) is 0 Å². The van der Waals surface area contributed by atoms with Gasteiger partial charge < -0.3 is 9.88 Å². The van der Waals surface area contributed by atoms with E-state index in [-0.39, 0.29) is 11.8 Å². The highest BCUT2D eigenvalue weighted by Crippen LogP contribution is 2.31. The topological polar surface area (TPSA) is 74.6 Å². The van der Waals surface area contributed by atoms with E-state index in [0.717, 1.165) is 23.1 Å². The van der Waals surface area contributed by atoms with Crippen LogP contribution < -0.4 is 5.32 Å². The number of piperidine rings is 1. The molecule has 0 aliphatic carbocycles. The number of aromatic nitrogens is 1. The van der Waals surface area contributed by atoms with Crippen LogP contribution in [0.3, 0.4) is 0 Å². The molecule has 4 rings (SSSR count). The highest BCUT2D eigenvalue weighted by atomic mass is 32.2. The maximum atomic E-state index is 12.8. The number of hydrogen-bond donors (Lipinski definition) is 1. The van der Waals surface area contributed by atoms with E-state index in [2.05, 4.69) is 35.0 Å². The van der Waals surface area contributed by atoms with Crippen molar-refractivity contribution in [2.24, 2.45) is 5.92 Å². The van der Waals surface area contributed by atoms with Crippen molar-refractivity contribution >= 4 is 43.6 Å². The zero-order valence-electron chi connectivity index (χ0n) is 17.6. The molecule has 30 heavy (non-hydrogen) atoms. The predicted molar refractivity (Wildman–Crippen MR) is 121 cm³/mol. The number of nitrogens with zero attached hydrogens (tertiary/aromatic N) is 3. The summed E-state index contributed by atoms with van der Waals surface area (Å²) in [7, 11) is -0.366. The lowest BCUT2D eigenvalue weighted by Gasteiger charge is -2.32. The molecule has 0 bridgehead atoms. The number of amides is 1. The lowest BCUT2D eigenvalue weighted by Crippen LogP contribution is -2.46. The summed E-state index contributed by atoms with van der Waals surface area (Å²) >= 11 is 0. The molecule has 1 aromatic heterocycles. The SMILES string of the molecule is CCn1c2ccccc2c2cc(NC(=O)C3CCN(S(=O)(=O)N(C)C)CC3)ccc21. The molecule has 2 heterocycles. The van der Waals surface area contributed by atoms with E-state index >= 15 is 0 Å². The van der Waals surface area contributed by atoms with Crippen molar-refractivity contribution in [3.8, 4) is 0 Å². The summed E-state index contributed by atoms with van der Waals surface area (Å²) in [5.74, 6) is -0.234. The smallest absolute Gasteiger partial charge is 0.281 e. The van der Waals surface area contributed by atoms with E-state index < -0.39 is 10.2 Å². The van der Waals surface area contributed by atoms with Crippen LogP contribution in [0.1, 0.15) is 19.8 Å². The Morgan fingerprint density at radius 2 is 1.73 bits per heavy atom. The number of carbonyl (C=O) groups excluding carboxylic acids is 1. The van der Waals surface area contributed by atoms with Gasteiger partial charge >= 0.3 is 0 Å². The average molecular weight is 429 g/mol. The van der Waals surface area contributed by atoms with Crippen LogP contribution in [0.15, 0.2) is 42.5 Å². The van der Waals surface area contributed by atoms with Crippen LogP contribution in [0.4, 0.5) is 5.69 Å². The standard InChI is InChI=1S/C22H28N4O3S/c1-4-26-20-8-6-5-7-18(20)19-15-17(9-10-21(19)26)23-22(27)16-11-13-25(14-12-16)30(28,29)24(2)3/h5-10,15-16H,4,11-14H2,1-3H3,(H,23,27). The molecule has 160 valence electrons. The minimum atomic E-state index is -3.42. The van der Waals surface area contributed by atoms with Gasteiger partial charge in [-0.15, -0.1) is 0 Å². The van der Waals surface area contributed by atoms with Gasteiger partial charge in [0.2, 0.25) is 5.91 Å². The fourth-order valence-electron chi connectivity index (χ4n) is 4.30. The second kappa shape index (κ2) is 8.02. The molecule has 2 aromatic carbocycles. The third kappa shape index (κ3) is 3.59. The van der Waals surface area contributed by atoms with Crippen LogP contribution in [0, 0.1) is 5.92 Å². The van der Waals surface area contributed by atoms with Crippen molar-refractivity contribution in [2.75, 3.05) is 32.5 Å². The Hall–Kier alpha value is -2.42. The van der Waals surface area contributed by atoms with E-state index in [9.17, 15) is 13.2 Å². The van der Waals surface area contributed by atoms with Crippen molar-refractivity contribution in [1.82, 2.24) is 13.2 Å². The largest absolute Gasteiger partial charge is 0.341 e. The lowest BCUT2D eigenvalue weighted by molar-refractivity contribution is -0.120. The van der Waals surface area contributed by atoms with E-state index in [1.807, 2.05) is 24.3 Å². The summed E-state index contributed by atoms with van der Waals surface area (Å²) in [4.78, 5) is 12.8. The number of para-hydroxylation sites is 1. The van der Waals surface area contributed by atoms with Gasteiger partial charge in [0.15, 0.2) is 0 Å². The van der Waals surface area contributed by atoms with Crippen LogP contribution in [-0.4, -0.2) is 54.7 Å². The number of anilines is 1. The first-order valence-corrected chi connectivity index (χ1v) is 11.7. The van der Waals surface area contributed by atoms with Crippen molar-refractivity contribution in [1.29, 1.82) is 0 Å². The molecule has 1 amide bonds. The number of benzene rings is 2. The van der Waals surface area contributed by atoms with Crippen LogP contribution in [-0.2, 0) is 21.5 Å². The quantitative estimate of drug-likeness (QED) is 0.678. The number of nitrogens with one attached hydrogen (secondary N) is 1. The van der Waals surface area contributed by atoms with Gasteiger partial charge in [-0.2, -0.15) is 17.0 Å². The van der Waals surface area contributed by atoms with Gasteiger partial charge in [-0.05, 0) is 44.0 Å². The molecule has 0 radical (unpaired) electrons. The van der Waals surface area contributed by atoms with Crippen LogP contribution >= 0.6 is 0 Å². The molecule has 1 aliphatic rings. The molecule has 1 saturated heterocycles. The average Bonchev–Trinajstić information content (AvgIpc) is 3.06. The highest BCUT2D eigenvalue weighted by molar-refractivity contribution is 7.86. The molecule has 7 nitrogen and oxygen atoms in total. The van der Waals surface area contributed by atoms with Crippen molar-refractivity contribution in [2.45, 2.75) is 26.3 Å². The van der Waals surface area contributed by atoms with Gasteiger partial charge in [-0.1, -0.05) is 18.2 Å². The lowest BCUT2D eigenvalue weighted by atomic mass is 9.97. The molecule has 1 aliphatic heterocycles. The summed E-state index contributed by atoms with van der Waals surface area (Å²) in [6.07, 6.45) is 1.05. The van der Waals surface area contributed by atoms with Crippen molar-refractivity contribution < 1.29 is 13.2 Å². The first-order valence-electron chi connectivity index (χ1n) is 10.3. The van der Waals surface area contributed by atoms with Crippen LogP contribution in [0.2, 0.25) is 0 Å². The fourth-order valence-corrected chi connectivity index (χ4v) is 5.43. The van der Waals surface area contributed by atoms with Crippen LogP contribution in [0.5, 0.6) is 0 Å². The Kier molecular flexibility index (Phi) is 5.57. The van der Waals surface area contributed by atoms with Gasteiger partial charge in [0.1, 0.15) is 0 Å². The van der Waals surface area contributed by atoms with E-state index in [1.165, 1.54) is 33.6 Å². The Morgan fingerprint density at radius 3 is 2.40 bits per heavy atom. The molecule has 0 unspecified atom stereocenters. The maximum absolute atomic E-state index is 12.8. The number of fused-ring (bicyclic) bond motifs is 3. The van der Waals surface area contributed by atoms with Crippen molar-refractivity contribution in [3.05, 3.63) is 42.5 Å². The Balaban J connectivity index is 1.51. The third-order valence-corrected chi connectivity index (χ3v) is 7.91.